The predicted octanol–water partition coefficient (Wildman–Crippen LogP) is 1.32. The molecule has 1 atom stereocenters. The van der Waals surface area contributed by atoms with Crippen LogP contribution in [-0.4, -0.2) is 7.05 Å². The molecule has 1 heterocycles. The summed E-state index contributed by atoms with van der Waals surface area (Å²) in [6.45, 7) is 2.13. The van der Waals surface area contributed by atoms with Crippen molar-refractivity contribution in [2.75, 3.05) is 7.05 Å². The molecule has 0 fully saturated rings. The normalized spacial score (nSPS) is 16.9. The largest absolute Gasteiger partial charge is 1.00 e. The molecule has 1 aliphatic heterocycles. The van der Waals surface area contributed by atoms with Gasteiger partial charge in [-0.05, 0) is 24.6 Å². The lowest BCUT2D eigenvalue weighted by Gasteiger charge is -2.26. The van der Waals surface area contributed by atoms with Crippen LogP contribution in [0.2, 0.25) is 0 Å². The van der Waals surface area contributed by atoms with E-state index in [0.717, 1.165) is 0 Å². The number of hydrogen-bond acceptors (Lipinski definition) is 0. The van der Waals surface area contributed by atoms with Gasteiger partial charge >= 0.3 is 0 Å². The summed E-state index contributed by atoms with van der Waals surface area (Å²) >= 11 is 0. The van der Waals surface area contributed by atoms with Gasteiger partial charge in [0.1, 0.15) is 11.4 Å². The maximum atomic E-state index is 2.31. The number of benzene rings is 3. The smallest absolute Gasteiger partial charge is 0.144 e. The van der Waals surface area contributed by atoms with Gasteiger partial charge in [-0.15, -0.1) is 0 Å². The van der Waals surface area contributed by atoms with Crippen molar-refractivity contribution in [2.45, 2.75) is 6.92 Å². The number of fused-ring (bicyclic) bond motifs is 3. The monoisotopic (exact) mass is 425 g/mol. The van der Waals surface area contributed by atoms with E-state index >= 15 is 0 Å². The van der Waals surface area contributed by atoms with Crippen LogP contribution in [0.5, 0.6) is 0 Å². The number of aryl methyl sites for hydroxylation is 1. The first kappa shape index (κ1) is 16.9. The van der Waals surface area contributed by atoms with Crippen LogP contribution in [0.3, 0.4) is 0 Å². The Morgan fingerprint density at radius 1 is 0.708 bits per heavy atom. The second-order valence-electron chi connectivity index (χ2n) is 6.18. The summed E-state index contributed by atoms with van der Waals surface area (Å²) in [4.78, 5) is 1.35. The second-order valence-corrected chi connectivity index (χ2v) is 6.18. The molecule has 1 unspecified atom stereocenters. The molecule has 120 valence electrons. The SMILES string of the molecule is Cc1ccc(C=C2c3ccccc3-c3ccccc3[NH+]2C)cc1.[I-]. The molecule has 0 spiro atoms. The van der Waals surface area contributed by atoms with E-state index in [-0.39, 0.29) is 24.0 Å². The van der Waals surface area contributed by atoms with E-state index in [1.165, 1.54) is 44.1 Å². The molecule has 0 bridgehead atoms. The van der Waals surface area contributed by atoms with E-state index in [4.69, 9.17) is 0 Å². The average molecular weight is 425 g/mol. The molecule has 1 nitrogen and oxygen atoms in total. The number of quaternary nitrogens is 1. The van der Waals surface area contributed by atoms with Crippen LogP contribution in [-0.2, 0) is 0 Å². The Bertz CT molecular complexity index is 894. The van der Waals surface area contributed by atoms with Crippen molar-refractivity contribution in [3.63, 3.8) is 0 Å². The van der Waals surface area contributed by atoms with Gasteiger partial charge in [-0.1, -0.05) is 60.2 Å². The fraction of sp³-hybridized carbons (Fsp3) is 0.0909. The maximum absolute atomic E-state index is 2.31. The fourth-order valence-electron chi connectivity index (χ4n) is 3.36. The first-order valence-corrected chi connectivity index (χ1v) is 8.05. The molecule has 3 aromatic rings. The van der Waals surface area contributed by atoms with Gasteiger partial charge in [0.25, 0.3) is 0 Å². The highest BCUT2D eigenvalue weighted by atomic mass is 127. The van der Waals surface area contributed by atoms with E-state index < -0.39 is 0 Å². The number of rotatable bonds is 1. The zero-order valence-electron chi connectivity index (χ0n) is 13.9. The van der Waals surface area contributed by atoms with Crippen LogP contribution < -0.4 is 28.9 Å². The fourth-order valence-corrected chi connectivity index (χ4v) is 3.36. The average Bonchev–Trinajstić information content (AvgIpc) is 2.60. The van der Waals surface area contributed by atoms with E-state index in [0.29, 0.717) is 0 Å². The molecule has 1 aliphatic rings. The van der Waals surface area contributed by atoms with Crippen molar-refractivity contribution < 1.29 is 28.9 Å². The molecule has 3 aromatic carbocycles. The Hall–Kier alpha value is -1.91. The second kappa shape index (κ2) is 6.91. The van der Waals surface area contributed by atoms with Crippen molar-refractivity contribution in [3.05, 3.63) is 89.5 Å². The van der Waals surface area contributed by atoms with Crippen molar-refractivity contribution in [1.82, 2.24) is 0 Å². The number of para-hydroxylation sites is 1. The van der Waals surface area contributed by atoms with Crippen LogP contribution >= 0.6 is 0 Å². The van der Waals surface area contributed by atoms with Crippen molar-refractivity contribution >= 4 is 17.5 Å². The highest BCUT2D eigenvalue weighted by Gasteiger charge is 2.28. The molecule has 2 heteroatoms. The zero-order chi connectivity index (χ0) is 15.8. The number of halogens is 1. The lowest BCUT2D eigenvalue weighted by atomic mass is 9.90. The van der Waals surface area contributed by atoms with E-state index in [1.54, 1.807) is 0 Å². The zero-order valence-corrected chi connectivity index (χ0v) is 16.0. The Morgan fingerprint density at radius 3 is 2.00 bits per heavy atom. The summed E-state index contributed by atoms with van der Waals surface area (Å²) in [7, 11) is 2.23. The Balaban J connectivity index is 0.00000169. The summed E-state index contributed by atoms with van der Waals surface area (Å²) in [6, 6.07) is 26.1. The van der Waals surface area contributed by atoms with E-state index in [9.17, 15) is 0 Å². The lowest BCUT2D eigenvalue weighted by Crippen LogP contribution is -3.01. The number of nitrogens with one attached hydrogen (secondary N) is 1. The first-order chi connectivity index (χ1) is 11.2. The van der Waals surface area contributed by atoms with Gasteiger partial charge in [-0.25, -0.2) is 0 Å². The summed E-state index contributed by atoms with van der Waals surface area (Å²) in [5, 5.41) is 0. The summed E-state index contributed by atoms with van der Waals surface area (Å²) < 4.78 is 0. The molecule has 0 amide bonds. The van der Waals surface area contributed by atoms with Crippen LogP contribution in [0.1, 0.15) is 16.7 Å². The molecule has 0 aliphatic carbocycles. The molecule has 1 N–H and O–H groups in total. The lowest BCUT2D eigenvalue weighted by molar-refractivity contribution is -0.726. The molecule has 4 rings (SSSR count). The third kappa shape index (κ3) is 2.92. The van der Waals surface area contributed by atoms with E-state index in [2.05, 4.69) is 92.8 Å². The van der Waals surface area contributed by atoms with Gasteiger partial charge in [0.2, 0.25) is 0 Å². The Morgan fingerprint density at radius 2 is 1.29 bits per heavy atom. The Kier molecular flexibility index (Phi) is 4.88. The van der Waals surface area contributed by atoms with Gasteiger partial charge in [0.15, 0.2) is 0 Å². The highest BCUT2D eigenvalue weighted by molar-refractivity contribution is 5.91. The van der Waals surface area contributed by atoms with Crippen molar-refractivity contribution in [1.29, 1.82) is 0 Å². The van der Waals surface area contributed by atoms with Gasteiger partial charge in [0.05, 0.1) is 7.05 Å². The van der Waals surface area contributed by atoms with Crippen LogP contribution in [0, 0.1) is 6.92 Å². The van der Waals surface area contributed by atoms with Crippen molar-refractivity contribution in [2.24, 2.45) is 0 Å². The minimum Gasteiger partial charge on any atom is -1.00 e. The van der Waals surface area contributed by atoms with Crippen LogP contribution in [0.4, 0.5) is 5.69 Å². The highest BCUT2D eigenvalue weighted by Crippen LogP contribution is 2.35. The molecular weight excluding hydrogens is 405 g/mol. The predicted molar refractivity (Wildman–Crippen MR) is 97.5 cm³/mol. The summed E-state index contributed by atoms with van der Waals surface area (Å²) in [6.07, 6.45) is 2.31. The molecule has 0 saturated carbocycles. The van der Waals surface area contributed by atoms with Crippen LogP contribution in [0.25, 0.3) is 22.9 Å². The summed E-state index contributed by atoms with van der Waals surface area (Å²) in [5.74, 6) is 0. The van der Waals surface area contributed by atoms with Gasteiger partial charge in [-0.2, -0.15) is 0 Å². The topological polar surface area (TPSA) is 4.44 Å². The number of hydrogen-bond donors (Lipinski definition) is 1. The van der Waals surface area contributed by atoms with Gasteiger partial charge in [0, 0.05) is 28.8 Å². The quantitative estimate of drug-likeness (QED) is 0.562. The van der Waals surface area contributed by atoms with Crippen molar-refractivity contribution in [3.8, 4) is 11.1 Å². The van der Waals surface area contributed by atoms with Crippen LogP contribution in [0.15, 0.2) is 72.8 Å². The third-order valence-electron chi connectivity index (χ3n) is 4.63. The summed E-state index contributed by atoms with van der Waals surface area (Å²) in [5.41, 5.74) is 9.19. The minimum absolute atomic E-state index is 0. The standard InChI is InChI=1S/C22H19N.HI/c1-16-11-13-17(14-12-16)15-22-20-9-4-3-7-18(20)19-8-5-6-10-21(19)23(22)2;/h3-15H,1-2H3;1H. The molecule has 0 saturated heterocycles. The van der Waals surface area contributed by atoms with Gasteiger partial charge in [-0.3, -0.25) is 4.90 Å². The molecular formula is C22H20IN. The van der Waals surface area contributed by atoms with E-state index in [1.807, 2.05) is 0 Å². The third-order valence-corrected chi connectivity index (χ3v) is 4.63. The maximum Gasteiger partial charge on any atom is 0.144 e. The van der Waals surface area contributed by atoms with Gasteiger partial charge < -0.3 is 24.0 Å². The Labute approximate surface area is 160 Å². The first-order valence-electron chi connectivity index (χ1n) is 8.05. The minimum atomic E-state index is 0. The molecule has 24 heavy (non-hydrogen) atoms. The molecule has 0 radical (unpaired) electrons. The molecule has 0 aromatic heterocycles.